The molecule has 0 saturated heterocycles. The van der Waals surface area contributed by atoms with Crippen molar-refractivity contribution in [3.05, 3.63) is 40.3 Å². The van der Waals surface area contributed by atoms with Crippen LogP contribution < -0.4 is 4.90 Å². The van der Waals surface area contributed by atoms with E-state index in [9.17, 15) is 8.78 Å². The Morgan fingerprint density at radius 2 is 2.00 bits per heavy atom. The number of aryl methyl sites for hydroxylation is 2. The van der Waals surface area contributed by atoms with E-state index in [1.807, 2.05) is 25.1 Å². The molecule has 25 heavy (non-hydrogen) atoms. The first kappa shape index (κ1) is 18.4. The quantitative estimate of drug-likeness (QED) is 0.534. The first-order valence-electron chi connectivity index (χ1n) is 9.33. The van der Waals surface area contributed by atoms with Gasteiger partial charge in [0.15, 0.2) is 0 Å². The monoisotopic (exact) mass is 363 g/mol. The van der Waals surface area contributed by atoms with E-state index < -0.39 is 6.43 Å². The first-order chi connectivity index (χ1) is 12.0. The van der Waals surface area contributed by atoms with Crippen LogP contribution >= 0.6 is 11.3 Å². The van der Waals surface area contributed by atoms with Gasteiger partial charge in [0.2, 0.25) is 0 Å². The zero-order valence-electron chi connectivity index (χ0n) is 15.3. The minimum absolute atomic E-state index is 0.179. The summed E-state index contributed by atoms with van der Waals surface area (Å²) < 4.78 is 27.7. The highest BCUT2D eigenvalue weighted by molar-refractivity contribution is 7.15. The molecule has 0 N–H and O–H groups in total. The second-order valence-corrected chi connectivity index (χ2v) is 8.21. The van der Waals surface area contributed by atoms with Crippen LogP contribution in [0.1, 0.15) is 62.0 Å². The van der Waals surface area contributed by atoms with Crippen molar-refractivity contribution < 1.29 is 8.78 Å². The number of hydrogen-bond acceptors (Lipinski definition) is 2. The van der Waals surface area contributed by atoms with E-state index in [2.05, 4.69) is 18.7 Å². The lowest BCUT2D eigenvalue weighted by Gasteiger charge is -2.38. The molecule has 0 aliphatic carbocycles. The van der Waals surface area contributed by atoms with Crippen molar-refractivity contribution >= 4 is 17.0 Å². The maximum atomic E-state index is 13.8. The van der Waals surface area contributed by atoms with E-state index >= 15 is 0 Å². The molecule has 1 atom stereocenters. The highest BCUT2D eigenvalue weighted by Crippen LogP contribution is 2.41. The number of nitrogens with zero attached hydrogens (tertiary/aromatic N) is 1. The van der Waals surface area contributed by atoms with Crippen molar-refractivity contribution in [3.8, 4) is 10.4 Å². The van der Waals surface area contributed by atoms with Gasteiger partial charge in [0.25, 0.3) is 6.43 Å². The summed E-state index contributed by atoms with van der Waals surface area (Å²) in [5.74, 6) is 0. The molecule has 0 fully saturated rings. The molecule has 1 aliphatic heterocycles. The van der Waals surface area contributed by atoms with Gasteiger partial charge in [0.1, 0.15) is 0 Å². The van der Waals surface area contributed by atoms with Crippen LogP contribution in [0.25, 0.3) is 10.4 Å². The fourth-order valence-corrected chi connectivity index (χ4v) is 4.85. The lowest BCUT2D eigenvalue weighted by atomic mass is 9.92. The lowest BCUT2D eigenvalue weighted by molar-refractivity contribution is 0.152. The van der Waals surface area contributed by atoms with Gasteiger partial charge in [-0.3, -0.25) is 0 Å². The van der Waals surface area contributed by atoms with Gasteiger partial charge < -0.3 is 4.90 Å². The Kier molecular flexibility index (Phi) is 5.78. The van der Waals surface area contributed by atoms with Gasteiger partial charge in [-0.15, -0.1) is 11.3 Å². The highest BCUT2D eigenvalue weighted by Gasteiger charge is 2.26. The average Bonchev–Trinajstić information content (AvgIpc) is 3.04. The molecule has 2 heterocycles. The van der Waals surface area contributed by atoms with E-state index in [0.29, 0.717) is 6.04 Å². The van der Waals surface area contributed by atoms with Crippen LogP contribution in [0.15, 0.2) is 24.3 Å². The van der Waals surface area contributed by atoms with Crippen molar-refractivity contribution in [1.29, 1.82) is 0 Å². The normalized spacial score (nSPS) is 15.5. The van der Waals surface area contributed by atoms with Gasteiger partial charge in [-0.05, 0) is 62.4 Å². The van der Waals surface area contributed by atoms with E-state index in [-0.39, 0.29) is 5.56 Å². The first-order valence-corrected chi connectivity index (χ1v) is 10.1. The molecule has 0 amide bonds. The molecule has 1 aliphatic rings. The molecule has 0 spiro atoms. The number of fused-ring (bicyclic) bond motifs is 1. The van der Waals surface area contributed by atoms with E-state index in [1.54, 1.807) is 17.4 Å². The number of alkyl halides is 2. The molecular weight excluding hydrogens is 336 g/mol. The van der Waals surface area contributed by atoms with Crippen LogP contribution in [0, 0.1) is 6.92 Å². The summed E-state index contributed by atoms with van der Waals surface area (Å²) in [4.78, 5) is 4.49. The minimum Gasteiger partial charge on any atom is -0.368 e. The zero-order valence-corrected chi connectivity index (χ0v) is 16.1. The molecule has 3 rings (SSSR count). The molecule has 1 nitrogen and oxygen atoms in total. The minimum atomic E-state index is -2.45. The second kappa shape index (κ2) is 7.86. The SMILES string of the molecule is CCCC(CC)N1CCCc2cc(-c3ccc(C)s3)c(C(F)F)cc21. The van der Waals surface area contributed by atoms with E-state index in [1.165, 1.54) is 5.56 Å². The van der Waals surface area contributed by atoms with Gasteiger partial charge in [-0.25, -0.2) is 8.78 Å². The summed E-state index contributed by atoms with van der Waals surface area (Å²) in [5.41, 5.74) is 3.17. The summed E-state index contributed by atoms with van der Waals surface area (Å²) in [6.07, 6.45) is 2.94. The molecule has 2 aromatic rings. The summed E-state index contributed by atoms with van der Waals surface area (Å²) in [6.45, 7) is 7.39. The van der Waals surface area contributed by atoms with Crippen molar-refractivity contribution in [3.63, 3.8) is 0 Å². The maximum Gasteiger partial charge on any atom is 0.264 e. The number of hydrogen-bond donors (Lipinski definition) is 0. The van der Waals surface area contributed by atoms with Crippen molar-refractivity contribution in [2.24, 2.45) is 0 Å². The number of rotatable bonds is 6. The number of anilines is 1. The van der Waals surface area contributed by atoms with Gasteiger partial charge in [-0.2, -0.15) is 0 Å². The summed E-state index contributed by atoms with van der Waals surface area (Å²) >= 11 is 1.60. The third-order valence-electron chi connectivity index (χ3n) is 5.18. The molecule has 0 radical (unpaired) electrons. The Hall–Kier alpha value is -1.42. The van der Waals surface area contributed by atoms with Gasteiger partial charge in [0, 0.05) is 39.2 Å². The van der Waals surface area contributed by atoms with Crippen molar-refractivity contribution in [2.75, 3.05) is 11.4 Å². The Morgan fingerprint density at radius 1 is 1.20 bits per heavy atom. The smallest absolute Gasteiger partial charge is 0.264 e. The van der Waals surface area contributed by atoms with Gasteiger partial charge >= 0.3 is 0 Å². The molecular formula is C21H27F2NS. The standard InChI is InChI=1S/C21H27F2NS/c1-4-7-16(5-2)24-11-6-8-15-12-17(20-10-9-14(3)25-20)18(21(22)23)13-19(15)24/h9-10,12-13,16,21H,4-8,11H2,1-3H3. The van der Waals surface area contributed by atoms with Crippen LogP contribution in [0.2, 0.25) is 0 Å². The Labute approximate surface area is 153 Å². The van der Waals surface area contributed by atoms with Crippen LogP contribution in [0.5, 0.6) is 0 Å². The maximum absolute atomic E-state index is 13.8. The fraction of sp³-hybridized carbons (Fsp3) is 0.524. The van der Waals surface area contributed by atoms with Crippen LogP contribution in [0.4, 0.5) is 14.5 Å². The third-order valence-corrected chi connectivity index (χ3v) is 6.21. The van der Waals surface area contributed by atoms with Gasteiger partial charge in [0.05, 0.1) is 0 Å². The fourth-order valence-electron chi connectivity index (χ4n) is 3.94. The molecule has 1 aromatic heterocycles. The van der Waals surface area contributed by atoms with Gasteiger partial charge in [-0.1, -0.05) is 20.3 Å². The zero-order chi connectivity index (χ0) is 18.0. The predicted octanol–water partition coefficient (Wildman–Crippen LogP) is 6.99. The second-order valence-electron chi connectivity index (χ2n) is 6.93. The Bertz CT molecular complexity index is 723. The molecule has 136 valence electrons. The Morgan fingerprint density at radius 3 is 2.60 bits per heavy atom. The topological polar surface area (TPSA) is 3.24 Å². The van der Waals surface area contributed by atoms with E-state index in [4.69, 9.17) is 0 Å². The van der Waals surface area contributed by atoms with Crippen molar-refractivity contribution in [1.82, 2.24) is 0 Å². The summed E-state index contributed by atoms with van der Waals surface area (Å²) in [6, 6.07) is 8.24. The number of benzene rings is 1. The lowest BCUT2D eigenvalue weighted by Crippen LogP contribution is -2.38. The number of halogens is 2. The highest BCUT2D eigenvalue weighted by atomic mass is 32.1. The van der Waals surface area contributed by atoms with Crippen LogP contribution in [-0.2, 0) is 6.42 Å². The molecule has 0 saturated carbocycles. The molecule has 0 bridgehead atoms. The molecule has 1 aromatic carbocycles. The van der Waals surface area contributed by atoms with E-state index in [0.717, 1.165) is 59.7 Å². The van der Waals surface area contributed by atoms with Crippen LogP contribution in [0.3, 0.4) is 0 Å². The summed E-state index contributed by atoms with van der Waals surface area (Å²) in [5, 5.41) is 0. The average molecular weight is 364 g/mol. The Balaban J connectivity index is 2.08. The van der Waals surface area contributed by atoms with Crippen LogP contribution in [-0.4, -0.2) is 12.6 Å². The number of thiophene rings is 1. The van der Waals surface area contributed by atoms with Crippen molar-refractivity contribution in [2.45, 2.75) is 65.3 Å². The molecule has 4 heteroatoms. The molecule has 1 unspecified atom stereocenters. The largest absolute Gasteiger partial charge is 0.368 e. The summed E-state index contributed by atoms with van der Waals surface area (Å²) in [7, 11) is 0. The third kappa shape index (κ3) is 3.74. The predicted molar refractivity (Wildman–Crippen MR) is 104 cm³/mol.